The maximum atomic E-state index is 13.6. The molecule has 164 valence electrons. The highest BCUT2D eigenvalue weighted by atomic mass is 16.5. The molecular weight excluding hydrogens is 382 g/mol. The number of ether oxygens (including phenoxy) is 3. The molecule has 0 aliphatic carbocycles. The van der Waals surface area contributed by atoms with Crippen LogP contribution in [0.25, 0.3) is 10.9 Å². The number of methoxy groups -OCH3 is 2. The Morgan fingerprint density at radius 2 is 2.10 bits per heavy atom. The van der Waals surface area contributed by atoms with E-state index in [9.17, 15) is 4.79 Å². The Balaban J connectivity index is 1.99. The summed E-state index contributed by atoms with van der Waals surface area (Å²) in [5.41, 5.74) is 1.02. The number of hydrogen-bond acceptors (Lipinski definition) is 6. The highest BCUT2D eigenvalue weighted by Crippen LogP contribution is 2.32. The second-order valence-corrected chi connectivity index (χ2v) is 7.86. The molecule has 1 N–H and O–H groups in total. The molecule has 1 atom stereocenters. The van der Waals surface area contributed by atoms with Crippen molar-refractivity contribution in [3.05, 3.63) is 30.0 Å². The minimum Gasteiger partial charge on any atom is -0.494 e. The van der Waals surface area contributed by atoms with Crippen molar-refractivity contribution in [3.63, 3.8) is 0 Å². The van der Waals surface area contributed by atoms with Crippen LogP contribution in [0.2, 0.25) is 0 Å². The zero-order valence-corrected chi connectivity index (χ0v) is 18.4. The zero-order chi connectivity index (χ0) is 21.5. The fraction of sp³-hybridized carbons (Fsp3) is 0.565. The van der Waals surface area contributed by atoms with E-state index in [2.05, 4.69) is 19.2 Å². The summed E-state index contributed by atoms with van der Waals surface area (Å²) in [6.45, 7) is 7.03. The third-order valence-electron chi connectivity index (χ3n) is 5.41. The van der Waals surface area contributed by atoms with Gasteiger partial charge < -0.3 is 24.4 Å². The van der Waals surface area contributed by atoms with Gasteiger partial charge in [-0.2, -0.15) is 0 Å². The number of amides is 1. The van der Waals surface area contributed by atoms with Gasteiger partial charge in [-0.25, -0.2) is 4.98 Å². The first-order valence-electron chi connectivity index (χ1n) is 10.7. The monoisotopic (exact) mass is 415 g/mol. The third-order valence-corrected chi connectivity index (χ3v) is 5.41. The molecule has 7 heteroatoms. The molecule has 0 saturated carbocycles. The SMILES string of the molecule is COCCCOc1cc(C(=O)N(C(C)C)[C@@H]2CCCNC2)nc2c(OC)cccc12. The lowest BCUT2D eigenvalue weighted by atomic mass is 10.0. The average molecular weight is 416 g/mol. The molecule has 1 amide bonds. The van der Waals surface area contributed by atoms with Crippen LogP contribution in [-0.2, 0) is 4.74 Å². The largest absolute Gasteiger partial charge is 0.494 e. The van der Waals surface area contributed by atoms with Gasteiger partial charge in [-0.05, 0) is 45.4 Å². The van der Waals surface area contributed by atoms with Crippen molar-refractivity contribution in [2.75, 3.05) is 40.5 Å². The molecule has 0 radical (unpaired) electrons. The number of aromatic nitrogens is 1. The average Bonchev–Trinajstić information content (AvgIpc) is 2.76. The van der Waals surface area contributed by atoms with E-state index < -0.39 is 0 Å². The van der Waals surface area contributed by atoms with Crippen molar-refractivity contribution >= 4 is 16.8 Å². The molecule has 2 aromatic rings. The first-order valence-corrected chi connectivity index (χ1v) is 10.7. The lowest BCUT2D eigenvalue weighted by Crippen LogP contribution is -2.51. The van der Waals surface area contributed by atoms with E-state index in [4.69, 9.17) is 19.2 Å². The van der Waals surface area contributed by atoms with Crippen LogP contribution in [0.15, 0.2) is 24.3 Å². The second kappa shape index (κ2) is 10.6. The van der Waals surface area contributed by atoms with Gasteiger partial charge in [-0.3, -0.25) is 4.79 Å². The fourth-order valence-corrected chi connectivity index (χ4v) is 4.00. The number of rotatable bonds is 9. The molecule has 1 saturated heterocycles. The molecule has 0 bridgehead atoms. The molecule has 0 spiro atoms. The molecule has 1 aliphatic rings. The molecular formula is C23H33N3O4. The van der Waals surface area contributed by atoms with Crippen LogP contribution in [0, 0.1) is 0 Å². The van der Waals surface area contributed by atoms with Gasteiger partial charge in [0.1, 0.15) is 22.7 Å². The standard InChI is InChI=1S/C23H33N3O4/c1-16(2)26(17-8-6-11-24-15-17)23(27)19-14-21(30-13-7-12-28-3)18-9-5-10-20(29-4)22(18)25-19/h5,9-10,14,16-17,24H,6-8,11-13,15H2,1-4H3/t17-/m1/s1. The van der Waals surface area contributed by atoms with E-state index in [1.54, 1.807) is 20.3 Å². The van der Waals surface area contributed by atoms with Gasteiger partial charge in [-0.1, -0.05) is 6.07 Å². The number of pyridine rings is 1. The highest BCUT2D eigenvalue weighted by Gasteiger charge is 2.30. The van der Waals surface area contributed by atoms with E-state index in [0.29, 0.717) is 35.9 Å². The van der Waals surface area contributed by atoms with Crippen molar-refractivity contribution in [1.82, 2.24) is 15.2 Å². The van der Waals surface area contributed by atoms with E-state index in [1.165, 1.54) is 0 Å². The Hall–Kier alpha value is -2.38. The summed E-state index contributed by atoms with van der Waals surface area (Å²) in [5.74, 6) is 1.19. The summed E-state index contributed by atoms with van der Waals surface area (Å²) in [4.78, 5) is 20.2. The molecule has 1 aromatic heterocycles. The Bertz CT molecular complexity index is 850. The van der Waals surface area contributed by atoms with Gasteiger partial charge in [0.25, 0.3) is 5.91 Å². The van der Waals surface area contributed by atoms with Crippen molar-refractivity contribution in [1.29, 1.82) is 0 Å². The molecule has 1 aliphatic heterocycles. The van der Waals surface area contributed by atoms with Crippen LogP contribution in [0.3, 0.4) is 0 Å². The van der Waals surface area contributed by atoms with E-state index in [1.807, 2.05) is 23.1 Å². The predicted molar refractivity (Wildman–Crippen MR) is 117 cm³/mol. The first-order chi connectivity index (χ1) is 14.6. The third kappa shape index (κ3) is 5.02. The number of hydrogen-bond donors (Lipinski definition) is 1. The predicted octanol–water partition coefficient (Wildman–Crippen LogP) is 3.26. The number of benzene rings is 1. The van der Waals surface area contributed by atoms with Gasteiger partial charge in [-0.15, -0.1) is 0 Å². The van der Waals surface area contributed by atoms with Gasteiger partial charge >= 0.3 is 0 Å². The Morgan fingerprint density at radius 3 is 2.77 bits per heavy atom. The maximum absolute atomic E-state index is 13.6. The summed E-state index contributed by atoms with van der Waals surface area (Å²) in [6, 6.07) is 7.69. The van der Waals surface area contributed by atoms with Crippen LogP contribution in [-0.4, -0.2) is 68.4 Å². The Kier molecular flexibility index (Phi) is 7.87. The Morgan fingerprint density at radius 1 is 1.27 bits per heavy atom. The topological polar surface area (TPSA) is 72.9 Å². The van der Waals surface area contributed by atoms with Crippen LogP contribution < -0.4 is 14.8 Å². The van der Waals surface area contributed by atoms with Crippen molar-refractivity contribution in [2.45, 2.75) is 45.2 Å². The summed E-state index contributed by atoms with van der Waals surface area (Å²) < 4.78 is 16.7. The number of nitrogens with zero attached hydrogens (tertiary/aromatic N) is 2. The molecule has 0 unspecified atom stereocenters. The number of nitrogens with one attached hydrogen (secondary N) is 1. The number of fused-ring (bicyclic) bond motifs is 1. The minimum atomic E-state index is -0.0757. The number of piperidine rings is 1. The van der Waals surface area contributed by atoms with Crippen molar-refractivity contribution in [3.8, 4) is 11.5 Å². The lowest BCUT2D eigenvalue weighted by molar-refractivity contribution is 0.0567. The quantitative estimate of drug-likeness (QED) is 0.634. The number of carbonyl (C=O) groups excluding carboxylic acids is 1. The normalized spacial score (nSPS) is 16.6. The Labute approximate surface area is 178 Å². The van der Waals surface area contributed by atoms with E-state index >= 15 is 0 Å². The van der Waals surface area contributed by atoms with Crippen molar-refractivity contribution < 1.29 is 19.0 Å². The fourth-order valence-electron chi connectivity index (χ4n) is 4.00. The molecule has 2 heterocycles. The second-order valence-electron chi connectivity index (χ2n) is 7.86. The number of para-hydroxylation sites is 1. The van der Waals surface area contributed by atoms with Gasteiger partial charge in [0.2, 0.25) is 0 Å². The van der Waals surface area contributed by atoms with Crippen LogP contribution in [0.4, 0.5) is 0 Å². The van der Waals surface area contributed by atoms with Crippen LogP contribution in [0.5, 0.6) is 11.5 Å². The van der Waals surface area contributed by atoms with Gasteiger partial charge in [0.15, 0.2) is 0 Å². The highest BCUT2D eigenvalue weighted by molar-refractivity contribution is 5.98. The molecule has 7 nitrogen and oxygen atoms in total. The van der Waals surface area contributed by atoms with E-state index in [0.717, 1.165) is 37.7 Å². The maximum Gasteiger partial charge on any atom is 0.273 e. The molecule has 30 heavy (non-hydrogen) atoms. The smallest absolute Gasteiger partial charge is 0.273 e. The van der Waals surface area contributed by atoms with Gasteiger partial charge in [0, 0.05) is 50.2 Å². The molecule has 1 fully saturated rings. The van der Waals surface area contributed by atoms with Gasteiger partial charge in [0.05, 0.1) is 13.7 Å². The number of carbonyl (C=O) groups is 1. The summed E-state index contributed by atoms with van der Waals surface area (Å²) >= 11 is 0. The molecule has 3 rings (SSSR count). The summed E-state index contributed by atoms with van der Waals surface area (Å²) in [6.07, 6.45) is 2.82. The summed E-state index contributed by atoms with van der Waals surface area (Å²) in [5, 5.41) is 4.24. The first kappa shape index (κ1) is 22.3. The summed E-state index contributed by atoms with van der Waals surface area (Å²) in [7, 11) is 3.28. The lowest BCUT2D eigenvalue weighted by Gasteiger charge is -2.37. The van der Waals surface area contributed by atoms with E-state index in [-0.39, 0.29) is 18.0 Å². The van der Waals surface area contributed by atoms with Crippen LogP contribution >= 0.6 is 0 Å². The minimum absolute atomic E-state index is 0.0728. The van der Waals surface area contributed by atoms with Crippen LogP contribution in [0.1, 0.15) is 43.6 Å². The molecule has 1 aromatic carbocycles. The zero-order valence-electron chi connectivity index (χ0n) is 18.4. The van der Waals surface area contributed by atoms with Crippen molar-refractivity contribution in [2.24, 2.45) is 0 Å².